The second kappa shape index (κ2) is 11.5. The van der Waals surface area contributed by atoms with Gasteiger partial charge in [0.05, 0.1) is 6.61 Å². The zero-order valence-electron chi connectivity index (χ0n) is 19.7. The SMILES string of the molecule is CC(C)N([C@@H](C)C(=O)O)P(=O)(OCC1OC(n2ccc(NO)nc2=O)C(O)C1O)Oc1ccccc1. The normalized spacial score (nSPS) is 24.4. The van der Waals surface area contributed by atoms with Crippen molar-refractivity contribution in [2.45, 2.75) is 57.4 Å². The van der Waals surface area contributed by atoms with E-state index >= 15 is 0 Å². The van der Waals surface area contributed by atoms with E-state index in [2.05, 4.69) is 4.98 Å². The fourth-order valence-corrected chi connectivity index (χ4v) is 5.84. The second-order valence-electron chi connectivity index (χ2n) is 8.32. The molecule has 0 amide bonds. The number of aliphatic hydroxyl groups excluding tert-OH is 2. The minimum Gasteiger partial charge on any atom is -0.480 e. The molecule has 0 spiro atoms. The van der Waals surface area contributed by atoms with Crippen LogP contribution >= 0.6 is 7.75 Å². The number of aliphatic carboxylic acids is 1. The number of benzene rings is 1. The van der Waals surface area contributed by atoms with Gasteiger partial charge in [0, 0.05) is 12.2 Å². The quantitative estimate of drug-likeness (QED) is 0.205. The summed E-state index contributed by atoms with van der Waals surface area (Å²) >= 11 is 0. The van der Waals surface area contributed by atoms with Gasteiger partial charge in [0.1, 0.15) is 30.1 Å². The Morgan fingerprint density at radius 1 is 1.22 bits per heavy atom. The Morgan fingerprint density at radius 2 is 1.89 bits per heavy atom. The van der Waals surface area contributed by atoms with Crippen molar-refractivity contribution >= 4 is 19.5 Å². The first-order valence-corrected chi connectivity index (χ1v) is 12.5. The van der Waals surface area contributed by atoms with E-state index in [-0.39, 0.29) is 11.6 Å². The zero-order chi connectivity index (χ0) is 26.6. The Balaban J connectivity index is 1.86. The number of nitrogens with zero attached hydrogens (tertiary/aromatic N) is 3. The summed E-state index contributed by atoms with van der Waals surface area (Å²) in [5.74, 6) is -1.24. The van der Waals surface area contributed by atoms with Crippen molar-refractivity contribution in [3.05, 3.63) is 53.1 Å². The second-order valence-corrected chi connectivity index (χ2v) is 10.2. The standard InChI is InChI=1S/C21H29N4O10P/c1-12(2)25(13(3)20(28)29)36(32,35-14-7-5-4-6-8-14)33-11-15-17(26)18(27)19(34-15)24-10-9-16(23-31)22-21(24)30/h4-10,12-13,15,17-19,26-27,31H,11H2,1-3H3,(H,28,29)(H,22,23,30)/t13-,15?,17?,18?,19?,36?/m0/s1. The third-order valence-electron chi connectivity index (χ3n) is 5.49. The number of carboxylic acid groups (broad SMARTS) is 1. The van der Waals surface area contributed by atoms with Crippen LogP contribution in [0.15, 0.2) is 47.4 Å². The molecule has 0 saturated carbocycles. The molecule has 6 atom stereocenters. The Kier molecular flexibility index (Phi) is 8.84. The molecule has 1 aromatic carbocycles. The van der Waals surface area contributed by atoms with Crippen molar-refractivity contribution in [1.82, 2.24) is 14.2 Å². The molecule has 1 aliphatic heterocycles. The molecule has 1 aliphatic rings. The monoisotopic (exact) mass is 528 g/mol. The summed E-state index contributed by atoms with van der Waals surface area (Å²) in [5.41, 5.74) is 0.836. The largest absolute Gasteiger partial charge is 0.480 e. The first-order valence-electron chi connectivity index (χ1n) is 11.0. The third-order valence-corrected chi connectivity index (χ3v) is 7.78. The van der Waals surface area contributed by atoms with Crippen molar-refractivity contribution in [3.8, 4) is 5.75 Å². The minimum absolute atomic E-state index is 0.135. The number of carbonyl (C=O) groups is 1. The van der Waals surface area contributed by atoms with Crippen LogP contribution in [0.3, 0.4) is 0 Å². The first-order chi connectivity index (χ1) is 17.0. The average molecular weight is 528 g/mol. The molecule has 36 heavy (non-hydrogen) atoms. The Labute approximate surface area is 206 Å². The van der Waals surface area contributed by atoms with Crippen molar-refractivity contribution in [1.29, 1.82) is 0 Å². The van der Waals surface area contributed by atoms with Crippen molar-refractivity contribution < 1.29 is 43.7 Å². The van der Waals surface area contributed by atoms with Gasteiger partial charge in [0.2, 0.25) is 0 Å². The molecule has 0 bridgehead atoms. The predicted octanol–water partition coefficient (Wildman–Crippen LogP) is 1.05. The summed E-state index contributed by atoms with van der Waals surface area (Å²) in [6.07, 6.45) is -4.59. The molecule has 1 fully saturated rings. The number of aliphatic hydroxyl groups is 2. The highest BCUT2D eigenvalue weighted by atomic mass is 31.2. The Bertz CT molecular complexity index is 1150. The topological polar surface area (TPSA) is 193 Å². The van der Waals surface area contributed by atoms with Crippen LogP contribution in [0.2, 0.25) is 0 Å². The molecular formula is C21H29N4O10P. The van der Waals surface area contributed by atoms with Crippen LogP contribution in [0.5, 0.6) is 5.75 Å². The lowest BCUT2D eigenvalue weighted by Crippen LogP contribution is -2.43. The number of hydrogen-bond acceptors (Lipinski definition) is 11. The van der Waals surface area contributed by atoms with E-state index in [9.17, 15) is 29.5 Å². The molecular weight excluding hydrogens is 499 g/mol. The summed E-state index contributed by atoms with van der Waals surface area (Å²) in [5, 5.41) is 39.5. The lowest BCUT2D eigenvalue weighted by molar-refractivity contribution is -0.141. The van der Waals surface area contributed by atoms with Gasteiger partial charge in [0.15, 0.2) is 12.0 Å². The van der Waals surface area contributed by atoms with Gasteiger partial charge in [-0.3, -0.25) is 24.6 Å². The number of nitrogens with one attached hydrogen (secondary N) is 1. The minimum atomic E-state index is -4.37. The van der Waals surface area contributed by atoms with Gasteiger partial charge >= 0.3 is 19.4 Å². The molecule has 2 heterocycles. The summed E-state index contributed by atoms with van der Waals surface area (Å²) in [4.78, 5) is 27.5. The van der Waals surface area contributed by atoms with Crippen LogP contribution in [0.4, 0.5) is 5.82 Å². The van der Waals surface area contributed by atoms with Gasteiger partial charge < -0.3 is 24.6 Å². The molecule has 5 N–H and O–H groups in total. The number of rotatable bonds is 11. The van der Waals surface area contributed by atoms with Crippen molar-refractivity contribution in [3.63, 3.8) is 0 Å². The fourth-order valence-electron chi connectivity index (χ4n) is 3.74. The van der Waals surface area contributed by atoms with Gasteiger partial charge in [0.25, 0.3) is 0 Å². The lowest BCUT2D eigenvalue weighted by Gasteiger charge is -2.35. The number of anilines is 1. The summed E-state index contributed by atoms with van der Waals surface area (Å²) < 4.78 is 32.9. The van der Waals surface area contributed by atoms with Crippen LogP contribution in [0.25, 0.3) is 0 Å². The Morgan fingerprint density at radius 3 is 2.44 bits per heavy atom. The van der Waals surface area contributed by atoms with E-state index in [1.165, 1.54) is 31.3 Å². The number of aromatic nitrogens is 2. The summed E-state index contributed by atoms with van der Waals surface area (Å²) in [7, 11) is -4.37. The molecule has 14 nitrogen and oxygen atoms in total. The molecule has 5 unspecified atom stereocenters. The molecule has 1 aromatic heterocycles. The van der Waals surface area contributed by atoms with E-state index in [1.807, 2.05) is 0 Å². The molecule has 198 valence electrons. The highest BCUT2D eigenvalue weighted by Gasteiger charge is 2.48. The molecule has 3 rings (SSSR count). The van der Waals surface area contributed by atoms with E-state index in [0.29, 0.717) is 0 Å². The maximum Gasteiger partial charge on any atom is 0.462 e. The molecule has 2 aromatic rings. The summed E-state index contributed by atoms with van der Waals surface area (Å²) in [6, 6.07) is 7.39. The smallest absolute Gasteiger partial charge is 0.462 e. The van der Waals surface area contributed by atoms with E-state index in [4.69, 9.17) is 19.0 Å². The molecule has 15 heteroatoms. The first kappa shape index (κ1) is 27.7. The van der Waals surface area contributed by atoms with Crippen LogP contribution in [0, 0.1) is 0 Å². The highest BCUT2D eigenvalue weighted by Crippen LogP contribution is 2.54. The highest BCUT2D eigenvalue weighted by molar-refractivity contribution is 7.51. The van der Waals surface area contributed by atoms with Gasteiger partial charge in [-0.15, -0.1) is 0 Å². The predicted molar refractivity (Wildman–Crippen MR) is 125 cm³/mol. The average Bonchev–Trinajstić information content (AvgIpc) is 3.11. The van der Waals surface area contributed by atoms with Gasteiger partial charge in [-0.25, -0.2) is 9.36 Å². The Hall–Kier alpha value is -2.84. The van der Waals surface area contributed by atoms with E-state index in [0.717, 1.165) is 9.24 Å². The van der Waals surface area contributed by atoms with Crippen molar-refractivity contribution in [2.24, 2.45) is 0 Å². The van der Waals surface area contributed by atoms with E-state index in [1.54, 1.807) is 37.5 Å². The van der Waals surface area contributed by atoms with Crippen LogP contribution in [-0.2, 0) is 18.6 Å². The zero-order valence-corrected chi connectivity index (χ0v) is 20.6. The third kappa shape index (κ3) is 5.93. The molecule has 0 radical (unpaired) electrons. The van der Waals surface area contributed by atoms with Gasteiger partial charge in [-0.1, -0.05) is 18.2 Å². The van der Waals surface area contributed by atoms with Gasteiger partial charge in [-0.2, -0.15) is 9.65 Å². The number of hydrogen-bond donors (Lipinski definition) is 5. The maximum atomic E-state index is 14.0. The van der Waals surface area contributed by atoms with Crippen molar-refractivity contribution in [2.75, 3.05) is 12.1 Å². The van der Waals surface area contributed by atoms with Gasteiger partial charge in [-0.05, 0) is 39.0 Å². The summed E-state index contributed by atoms with van der Waals surface area (Å²) in [6.45, 7) is 3.99. The number of ether oxygens (including phenoxy) is 1. The molecule has 1 saturated heterocycles. The lowest BCUT2D eigenvalue weighted by atomic mass is 10.1. The van der Waals surface area contributed by atoms with E-state index < -0.39 is 62.6 Å². The maximum absolute atomic E-state index is 14.0. The van der Waals surface area contributed by atoms with Crippen LogP contribution < -0.4 is 15.7 Å². The van der Waals surface area contributed by atoms with Crippen LogP contribution in [-0.4, -0.2) is 77.7 Å². The molecule has 0 aliphatic carbocycles. The van der Waals surface area contributed by atoms with Crippen LogP contribution in [0.1, 0.15) is 27.0 Å². The fraction of sp³-hybridized carbons (Fsp3) is 0.476. The number of para-hydroxylation sites is 1. The number of carboxylic acids is 1.